The lowest BCUT2D eigenvalue weighted by atomic mass is 10.0. The van der Waals surface area contributed by atoms with E-state index < -0.39 is 0 Å². The number of hydrogen-bond donors (Lipinski definition) is 2. The quantitative estimate of drug-likeness (QED) is 0.625. The molecule has 2 N–H and O–H groups in total. The molecule has 3 rings (SSSR count). The summed E-state index contributed by atoms with van der Waals surface area (Å²) in [5.74, 6) is -0.294. The van der Waals surface area contributed by atoms with Crippen molar-refractivity contribution in [2.75, 3.05) is 5.32 Å². The lowest BCUT2D eigenvalue weighted by molar-refractivity contribution is 0.0935. The summed E-state index contributed by atoms with van der Waals surface area (Å²) in [5.41, 5.74) is 2.09. The van der Waals surface area contributed by atoms with Crippen LogP contribution in [0.1, 0.15) is 45.9 Å². The first-order chi connectivity index (χ1) is 13.1. The molecule has 1 unspecified atom stereocenters. The van der Waals surface area contributed by atoms with Crippen molar-refractivity contribution >= 4 is 29.1 Å². The Morgan fingerprint density at radius 3 is 2.30 bits per heavy atom. The largest absolute Gasteiger partial charge is 0.459 e. The van der Waals surface area contributed by atoms with Crippen molar-refractivity contribution in [3.8, 4) is 0 Å². The maximum absolute atomic E-state index is 12.5. The van der Waals surface area contributed by atoms with Gasteiger partial charge in [0.05, 0.1) is 12.3 Å². The zero-order chi connectivity index (χ0) is 19.2. The Morgan fingerprint density at radius 1 is 1.00 bits per heavy atom. The second-order valence-corrected chi connectivity index (χ2v) is 6.43. The van der Waals surface area contributed by atoms with Crippen molar-refractivity contribution in [3.05, 3.63) is 88.8 Å². The highest BCUT2D eigenvalue weighted by Gasteiger charge is 2.15. The average Bonchev–Trinajstić information content (AvgIpc) is 3.22. The van der Waals surface area contributed by atoms with E-state index in [9.17, 15) is 9.59 Å². The molecule has 0 saturated carbocycles. The van der Waals surface area contributed by atoms with Crippen LogP contribution >= 0.6 is 11.6 Å². The van der Waals surface area contributed by atoms with E-state index in [0.717, 1.165) is 12.0 Å². The number of furan rings is 1. The van der Waals surface area contributed by atoms with Crippen LogP contribution in [0, 0.1) is 0 Å². The van der Waals surface area contributed by atoms with Crippen molar-refractivity contribution in [2.45, 2.75) is 19.4 Å². The van der Waals surface area contributed by atoms with Crippen LogP contribution in [0.3, 0.4) is 0 Å². The number of nitrogens with one attached hydrogen (secondary N) is 2. The number of halogens is 1. The van der Waals surface area contributed by atoms with E-state index in [-0.39, 0.29) is 23.6 Å². The zero-order valence-electron chi connectivity index (χ0n) is 14.7. The molecule has 1 atom stereocenters. The molecule has 5 nitrogen and oxygen atoms in total. The van der Waals surface area contributed by atoms with E-state index in [2.05, 4.69) is 10.6 Å². The van der Waals surface area contributed by atoms with Gasteiger partial charge in [0.25, 0.3) is 11.8 Å². The van der Waals surface area contributed by atoms with E-state index in [1.807, 2.05) is 31.2 Å². The molecule has 0 bridgehead atoms. The molecule has 0 aliphatic carbocycles. The Kier molecular flexibility index (Phi) is 5.94. The first kappa shape index (κ1) is 18.7. The summed E-state index contributed by atoms with van der Waals surface area (Å²) in [6.45, 7) is 2.01. The van der Waals surface area contributed by atoms with Gasteiger partial charge in [-0.1, -0.05) is 30.7 Å². The van der Waals surface area contributed by atoms with Gasteiger partial charge in [-0.15, -0.1) is 0 Å². The highest BCUT2D eigenvalue weighted by molar-refractivity contribution is 6.30. The molecule has 3 aromatic rings. The average molecular weight is 383 g/mol. The van der Waals surface area contributed by atoms with Gasteiger partial charge in [-0.25, -0.2) is 0 Å². The highest BCUT2D eigenvalue weighted by Crippen LogP contribution is 2.20. The predicted octanol–water partition coefficient (Wildman–Crippen LogP) is 5.07. The van der Waals surface area contributed by atoms with Crippen LogP contribution in [0.4, 0.5) is 5.69 Å². The minimum absolute atomic E-state index is 0.104. The summed E-state index contributed by atoms with van der Waals surface area (Å²) >= 11 is 5.92. The van der Waals surface area contributed by atoms with Gasteiger partial charge in [-0.3, -0.25) is 9.59 Å². The Balaban J connectivity index is 1.64. The first-order valence-electron chi connectivity index (χ1n) is 8.58. The van der Waals surface area contributed by atoms with Crippen LogP contribution in [-0.2, 0) is 0 Å². The molecular weight excluding hydrogens is 364 g/mol. The number of anilines is 1. The van der Waals surface area contributed by atoms with Crippen molar-refractivity contribution in [1.82, 2.24) is 5.32 Å². The molecular formula is C21H19ClN2O3. The SMILES string of the molecule is CCC(NC(=O)c1ccc(NC(=O)c2ccco2)cc1)c1ccc(Cl)cc1. The first-order valence-corrected chi connectivity index (χ1v) is 8.96. The number of hydrogen-bond acceptors (Lipinski definition) is 3. The van der Waals surface area contributed by atoms with E-state index >= 15 is 0 Å². The van der Waals surface area contributed by atoms with Gasteiger partial charge in [0.15, 0.2) is 5.76 Å². The van der Waals surface area contributed by atoms with E-state index in [1.165, 1.54) is 6.26 Å². The van der Waals surface area contributed by atoms with E-state index in [1.54, 1.807) is 36.4 Å². The second kappa shape index (κ2) is 8.56. The minimum Gasteiger partial charge on any atom is -0.459 e. The standard InChI is InChI=1S/C21H19ClN2O3/c1-2-18(14-5-9-16(22)10-6-14)24-20(25)15-7-11-17(12-8-15)23-21(26)19-4-3-13-27-19/h3-13,18H,2H2,1H3,(H,23,26)(H,24,25). The summed E-state index contributed by atoms with van der Waals surface area (Å²) in [4.78, 5) is 24.5. The summed E-state index contributed by atoms with van der Waals surface area (Å²) in [5, 5.41) is 6.39. The van der Waals surface area contributed by atoms with Crippen molar-refractivity contribution in [1.29, 1.82) is 0 Å². The summed E-state index contributed by atoms with van der Waals surface area (Å²) < 4.78 is 5.05. The van der Waals surface area contributed by atoms with Crippen LogP contribution in [-0.4, -0.2) is 11.8 Å². The van der Waals surface area contributed by atoms with Crippen LogP contribution in [0.15, 0.2) is 71.3 Å². The molecule has 1 heterocycles. The number of benzene rings is 2. The molecule has 138 valence electrons. The third kappa shape index (κ3) is 4.77. The van der Waals surface area contributed by atoms with Crippen molar-refractivity contribution < 1.29 is 14.0 Å². The van der Waals surface area contributed by atoms with Crippen LogP contribution < -0.4 is 10.6 Å². The summed E-state index contributed by atoms with van der Waals surface area (Å²) in [6.07, 6.45) is 2.19. The summed E-state index contributed by atoms with van der Waals surface area (Å²) in [6, 6.07) is 17.2. The molecule has 0 aliphatic heterocycles. The molecule has 6 heteroatoms. The summed E-state index contributed by atoms with van der Waals surface area (Å²) in [7, 11) is 0. The third-order valence-electron chi connectivity index (χ3n) is 4.14. The highest BCUT2D eigenvalue weighted by atomic mass is 35.5. The van der Waals surface area contributed by atoms with Gasteiger partial charge in [0, 0.05) is 16.3 Å². The molecule has 1 aromatic heterocycles. The zero-order valence-corrected chi connectivity index (χ0v) is 15.5. The van der Waals surface area contributed by atoms with Gasteiger partial charge in [-0.05, 0) is 60.5 Å². The molecule has 0 saturated heterocycles. The van der Waals surface area contributed by atoms with Crippen LogP contribution in [0.2, 0.25) is 5.02 Å². The van der Waals surface area contributed by atoms with Gasteiger partial charge in [0.1, 0.15) is 0 Å². The smallest absolute Gasteiger partial charge is 0.291 e. The second-order valence-electron chi connectivity index (χ2n) is 5.99. The Bertz CT molecular complexity index is 904. The van der Waals surface area contributed by atoms with E-state index in [0.29, 0.717) is 16.3 Å². The Labute approximate surface area is 162 Å². The third-order valence-corrected chi connectivity index (χ3v) is 4.39. The minimum atomic E-state index is -0.342. The Hall–Kier alpha value is -3.05. The molecule has 27 heavy (non-hydrogen) atoms. The van der Waals surface area contributed by atoms with Gasteiger partial charge in [0.2, 0.25) is 0 Å². The number of carbonyl (C=O) groups excluding carboxylic acids is 2. The number of carbonyl (C=O) groups is 2. The van der Waals surface area contributed by atoms with E-state index in [4.69, 9.17) is 16.0 Å². The molecule has 0 aliphatic rings. The normalized spacial score (nSPS) is 11.6. The molecule has 2 aromatic carbocycles. The molecule has 2 amide bonds. The predicted molar refractivity (Wildman–Crippen MR) is 105 cm³/mol. The van der Waals surface area contributed by atoms with Crippen molar-refractivity contribution in [2.24, 2.45) is 0 Å². The lowest BCUT2D eigenvalue weighted by Crippen LogP contribution is -2.28. The Morgan fingerprint density at radius 2 is 1.70 bits per heavy atom. The van der Waals surface area contributed by atoms with Gasteiger partial charge < -0.3 is 15.1 Å². The number of amides is 2. The van der Waals surface area contributed by atoms with Crippen molar-refractivity contribution in [3.63, 3.8) is 0 Å². The maximum atomic E-state index is 12.5. The van der Waals surface area contributed by atoms with Gasteiger partial charge in [-0.2, -0.15) is 0 Å². The number of rotatable bonds is 6. The van der Waals surface area contributed by atoms with Crippen LogP contribution in [0.5, 0.6) is 0 Å². The maximum Gasteiger partial charge on any atom is 0.291 e. The fourth-order valence-corrected chi connectivity index (χ4v) is 2.79. The molecule has 0 fully saturated rings. The molecule has 0 radical (unpaired) electrons. The fourth-order valence-electron chi connectivity index (χ4n) is 2.66. The van der Waals surface area contributed by atoms with Gasteiger partial charge >= 0.3 is 0 Å². The van der Waals surface area contributed by atoms with Crippen LogP contribution in [0.25, 0.3) is 0 Å². The lowest BCUT2D eigenvalue weighted by Gasteiger charge is -2.17. The monoisotopic (exact) mass is 382 g/mol. The topological polar surface area (TPSA) is 71.3 Å². The molecule has 0 spiro atoms. The fraction of sp³-hybridized carbons (Fsp3) is 0.143.